The second-order valence-corrected chi connectivity index (χ2v) is 8.36. The maximum atomic E-state index is 13.0. The standard InChI is InChI=1S/C18H20N4O3S/c1-21-17-11-19-8-6-16(17)20-18(21)13-7-9-22(12-13)26(23,24)15-5-3-4-14(10-15)25-2/h3-6,8,10-11,13H,7,9,12H2,1-2H3/t13-/m0/s1. The molecule has 2 aromatic heterocycles. The SMILES string of the molecule is COc1cccc(S(=O)(=O)N2CC[C@H](c3nc4ccncc4n3C)C2)c1. The Morgan fingerprint density at radius 1 is 1.27 bits per heavy atom. The lowest BCUT2D eigenvalue weighted by molar-refractivity contribution is 0.412. The third-order valence-corrected chi connectivity index (χ3v) is 6.77. The first kappa shape index (κ1) is 17.0. The molecule has 136 valence electrons. The maximum absolute atomic E-state index is 13.0. The highest BCUT2D eigenvalue weighted by Gasteiger charge is 2.35. The van der Waals surface area contributed by atoms with Crippen LogP contribution in [0.2, 0.25) is 0 Å². The van der Waals surface area contributed by atoms with Gasteiger partial charge in [-0.3, -0.25) is 4.98 Å². The zero-order valence-corrected chi connectivity index (χ0v) is 15.5. The van der Waals surface area contributed by atoms with Crippen molar-refractivity contribution in [1.82, 2.24) is 18.8 Å². The number of imidazole rings is 1. The lowest BCUT2D eigenvalue weighted by atomic mass is 10.1. The molecule has 8 heteroatoms. The van der Waals surface area contributed by atoms with Gasteiger partial charge < -0.3 is 9.30 Å². The second-order valence-electron chi connectivity index (χ2n) is 6.42. The highest BCUT2D eigenvalue weighted by Crippen LogP contribution is 2.32. The van der Waals surface area contributed by atoms with Gasteiger partial charge >= 0.3 is 0 Å². The summed E-state index contributed by atoms with van der Waals surface area (Å²) in [7, 11) is -0.0752. The quantitative estimate of drug-likeness (QED) is 0.701. The summed E-state index contributed by atoms with van der Waals surface area (Å²) in [6.07, 6.45) is 4.24. The van der Waals surface area contributed by atoms with E-state index in [1.807, 2.05) is 17.7 Å². The smallest absolute Gasteiger partial charge is 0.243 e. The Hall–Kier alpha value is -2.45. The van der Waals surface area contributed by atoms with E-state index in [0.717, 1.165) is 23.3 Å². The molecule has 0 radical (unpaired) electrons. The highest BCUT2D eigenvalue weighted by molar-refractivity contribution is 7.89. The van der Waals surface area contributed by atoms with Crippen LogP contribution < -0.4 is 4.74 Å². The van der Waals surface area contributed by atoms with E-state index < -0.39 is 10.0 Å². The minimum atomic E-state index is -3.55. The summed E-state index contributed by atoms with van der Waals surface area (Å²) in [5.41, 5.74) is 1.84. The van der Waals surface area contributed by atoms with Crippen LogP contribution in [0.3, 0.4) is 0 Å². The van der Waals surface area contributed by atoms with Crippen molar-refractivity contribution in [2.45, 2.75) is 17.2 Å². The number of methoxy groups -OCH3 is 1. The summed E-state index contributed by atoms with van der Waals surface area (Å²) in [4.78, 5) is 9.09. The van der Waals surface area contributed by atoms with E-state index in [0.29, 0.717) is 18.8 Å². The fourth-order valence-corrected chi connectivity index (χ4v) is 5.02. The zero-order valence-electron chi connectivity index (χ0n) is 14.7. The van der Waals surface area contributed by atoms with Gasteiger partial charge in [-0.15, -0.1) is 0 Å². The van der Waals surface area contributed by atoms with Gasteiger partial charge in [0.25, 0.3) is 0 Å². The maximum Gasteiger partial charge on any atom is 0.243 e. The molecule has 3 heterocycles. The highest BCUT2D eigenvalue weighted by atomic mass is 32.2. The van der Waals surface area contributed by atoms with Crippen molar-refractivity contribution in [3.63, 3.8) is 0 Å². The van der Waals surface area contributed by atoms with Crippen LogP contribution in [0.25, 0.3) is 11.0 Å². The number of fused-ring (bicyclic) bond motifs is 1. The Labute approximate surface area is 152 Å². The first-order valence-corrected chi connectivity index (χ1v) is 9.85. The summed E-state index contributed by atoms with van der Waals surface area (Å²) < 4.78 is 34.6. The van der Waals surface area contributed by atoms with Gasteiger partial charge in [-0.2, -0.15) is 4.31 Å². The number of ether oxygens (including phenoxy) is 1. The number of benzene rings is 1. The minimum Gasteiger partial charge on any atom is -0.497 e. The van der Waals surface area contributed by atoms with Crippen LogP contribution in [0.4, 0.5) is 0 Å². The average molecular weight is 372 g/mol. The van der Waals surface area contributed by atoms with Gasteiger partial charge in [-0.1, -0.05) is 6.07 Å². The van der Waals surface area contributed by atoms with Crippen LogP contribution in [-0.4, -0.2) is 47.5 Å². The van der Waals surface area contributed by atoms with Crippen LogP contribution in [0, 0.1) is 0 Å². The van der Waals surface area contributed by atoms with E-state index in [2.05, 4.69) is 4.98 Å². The molecule has 4 rings (SSSR count). The molecule has 1 atom stereocenters. The lowest BCUT2D eigenvalue weighted by Crippen LogP contribution is -2.29. The Morgan fingerprint density at radius 3 is 2.88 bits per heavy atom. The number of aromatic nitrogens is 3. The number of nitrogens with zero attached hydrogens (tertiary/aromatic N) is 4. The molecule has 0 N–H and O–H groups in total. The summed E-state index contributed by atoms with van der Waals surface area (Å²) in [5.74, 6) is 1.49. The number of pyridine rings is 1. The molecule has 0 spiro atoms. The van der Waals surface area contributed by atoms with Gasteiger partial charge in [0.05, 0.1) is 29.2 Å². The summed E-state index contributed by atoms with van der Waals surface area (Å²) in [5, 5.41) is 0. The molecule has 1 aromatic carbocycles. The molecule has 0 unspecified atom stereocenters. The van der Waals surface area contributed by atoms with E-state index in [9.17, 15) is 8.42 Å². The van der Waals surface area contributed by atoms with Crippen LogP contribution >= 0.6 is 0 Å². The van der Waals surface area contributed by atoms with Crippen molar-refractivity contribution in [3.8, 4) is 5.75 Å². The largest absolute Gasteiger partial charge is 0.497 e. The van der Waals surface area contributed by atoms with Gasteiger partial charge in [0.1, 0.15) is 11.6 Å². The van der Waals surface area contributed by atoms with E-state index >= 15 is 0 Å². The van der Waals surface area contributed by atoms with Crippen molar-refractivity contribution in [2.75, 3.05) is 20.2 Å². The van der Waals surface area contributed by atoms with Crippen LogP contribution in [-0.2, 0) is 17.1 Å². The Kier molecular flexibility index (Phi) is 4.16. The van der Waals surface area contributed by atoms with Crippen LogP contribution in [0.15, 0.2) is 47.6 Å². The predicted octanol–water partition coefficient (Wildman–Crippen LogP) is 2.16. The van der Waals surface area contributed by atoms with Gasteiger partial charge in [0.15, 0.2) is 0 Å². The molecular formula is C18H20N4O3S. The Bertz CT molecular complexity index is 1060. The average Bonchev–Trinajstić information content (AvgIpc) is 3.28. The molecule has 26 heavy (non-hydrogen) atoms. The molecule has 0 aliphatic carbocycles. The van der Waals surface area contributed by atoms with E-state index in [1.165, 1.54) is 11.4 Å². The molecule has 1 saturated heterocycles. The minimum absolute atomic E-state index is 0.0628. The second kappa shape index (κ2) is 6.37. The molecule has 1 fully saturated rings. The monoisotopic (exact) mass is 372 g/mol. The number of aryl methyl sites for hydroxylation is 1. The summed E-state index contributed by atoms with van der Waals surface area (Å²) in [6, 6.07) is 8.46. The zero-order chi connectivity index (χ0) is 18.3. The fraction of sp³-hybridized carbons (Fsp3) is 0.333. The number of hydrogen-bond donors (Lipinski definition) is 0. The van der Waals surface area contributed by atoms with Gasteiger partial charge in [-0.05, 0) is 24.6 Å². The number of hydrogen-bond acceptors (Lipinski definition) is 5. The van der Waals surface area contributed by atoms with Crippen LogP contribution in [0.5, 0.6) is 5.75 Å². The summed E-state index contributed by atoms with van der Waals surface area (Å²) in [6.45, 7) is 0.899. The van der Waals surface area contributed by atoms with E-state index in [1.54, 1.807) is 36.7 Å². The van der Waals surface area contributed by atoms with Crippen LogP contribution in [0.1, 0.15) is 18.2 Å². The van der Waals surface area contributed by atoms with Crippen molar-refractivity contribution in [2.24, 2.45) is 7.05 Å². The molecule has 3 aromatic rings. The molecule has 0 amide bonds. The molecule has 1 aliphatic heterocycles. The topological polar surface area (TPSA) is 77.3 Å². The van der Waals surface area contributed by atoms with Gasteiger partial charge in [-0.25, -0.2) is 13.4 Å². The number of sulfonamides is 1. The van der Waals surface area contributed by atoms with Crippen molar-refractivity contribution in [3.05, 3.63) is 48.5 Å². The van der Waals surface area contributed by atoms with Crippen molar-refractivity contribution >= 4 is 21.1 Å². The third kappa shape index (κ3) is 2.75. The lowest BCUT2D eigenvalue weighted by Gasteiger charge is -2.17. The first-order chi connectivity index (χ1) is 12.5. The molecule has 0 saturated carbocycles. The van der Waals surface area contributed by atoms with Crippen molar-refractivity contribution < 1.29 is 13.2 Å². The normalized spacial score (nSPS) is 18.5. The van der Waals surface area contributed by atoms with Crippen molar-refractivity contribution in [1.29, 1.82) is 0 Å². The van der Waals surface area contributed by atoms with E-state index in [-0.39, 0.29) is 10.8 Å². The Balaban J connectivity index is 1.62. The van der Waals surface area contributed by atoms with E-state index in [4.69, 9.17) is 9.72 Å². The Morgan fingerprint density at radius 2 is 2.12 bits per heavy atom. The molecule has 0 bridgehead atoms. The van der Waals surface area contributed by atoms with Gasteiger partial charge in [0.2, 0.25) is 10.0 Å². The molecular weight excluding hydrogens is 352 g/mol. The first-order valence-electron chi connectivity index (χ1n) is 8.41. The predicted molar refractivity (Wildman–Crippen MR) is 97.6 cm³/mol. The van der Waals surface area contributed by atoms with Gasteiger partial charge in [0, 0.05) is 38.3 Å². The molecule has 1 aliphatic rings. The third-order valence-electron chi connectivity index (χ3n) is 4.91. The fourth-order valence-electron chi connectivity index (χ4n) is 3.49. The number of rotatable bonds is 4. The molecule has 7 nitrogen and oxygen atoms in total. The summed E-state index contributed by atoms with van der Waals surface area (Å²) >= 11 is 0.